The number of hydrogen-bond acceptors (Lipinski definition) is 4. The van der Waals surface area contributed by atoms with Gasteiger partial charge in [0.2, 0.25) is 0 Å². The first kappa shape index (κ1) is 13.7. The molecule has 1 rings (SSSR count). The molecule has 0 aliphatic rings. The second kappa shape index (κ2) is 6.41. The van der Waals surface area contributed by atoms with Gasteiger partial charge >= 0.3 is 6.36 Å². The van der Waals surface area contributed by atoms with Crippen molar-refractivity contribution in [1.29, 1.82) is 0 Å². The first-order valence-electron chi connectivity index (χ1n) is 4.93. The van der Waals surface area contributed by atoms with Crippen LogP contribution in [-0.4, -0.2) is 31.5 Å². The van der Waals surface area contributed by atoms with E-state index in [9.17, 15) is 13.2 Å². The van der Waals surface area contributed by atoms with Gasteiger partial charge in [0.15, 0.2) is 0 Å². The molecule has 1 heterocycles. The molecular formula is C10H13F3N2O2. The molecule has 0 spiro atoms. The van der Waals surface area contributed by atoms with Crippen molar-refractivity contribution in [3.05, 3.63) is 24.0 Å². The molecule has 0 aliphatic heterocycles. The van der Waals surface area contributed by atoms with Crippen LogP contribution < -0.4 is 10.1 Å². The molecular weight excluding hydrogens is 237 g/mol. The fourth-order valence-corrected chi connectivity index (χ4v) is 1.10. The molecule has 0 aliphatic carbocycles. The van der Waals surface area contributed by atoms with Gasteiger partial charge in [0.1, 0.15) is 5.75 Å². The number of halogens is 3. The molecule has 1 aromatic rings. The highest BCUT2D eigenvalue weighted by molar-refractivity contribution is 5.23. The van der Waals surface area contributed by atoms with Crippen molar-refractivity contribution in [1.82, 2.24) is 10.3 Å². The number of aromatic nitrogens is 1. The minimum atomic E-state index is -4.70. The van der Waals surface area contributed by atoms with Gasteiger partial charge < -0.3 is 14.8 Å². The summed E-state index contributed by atoms with van der Waals surface area (Å²) in [6.45, 7) is 1.34. The number of rotatable bonds is 6. The molecule has 0 fully saturated rings. The molecule has 0 saturated carbocycles. The Bertz CT molecular complexity index is 345. The molecule has 0 radical (unpaired) electrons. The molecule has 0 aromatic carbocycles. The zero-order chi connectivity index (χ0) is 12.7. The topological polar surface area (TPSA) is 43.4 Å². The number of ether oxygens (including phenoxy) is 2. The minimum Gasteiger partial charge on any atom is -0.404 e. The Morgan fingerprint density at radius 2 is 2.12 bits per heavy atom. The Labute approximate surface area is 96.7 Å². The van der Waals surface area contributed by atoms with Crippen LogP contribution in [0.4, 0.5) is 13.2 Å². The van der Waals surface area contributed by atoms with Gasteiger partial charge in [-0.25, -0.2) is 0 Å². The largest absolute Gasteiger partial charge is 0.573 e. The molecule has 4 nitrogen and oxygen atoms in total. The molecule has 17 heavy (non-hydrogen) atoms. The lowest BCUT2D eigenvalue weighted by Gasteiger charge is -2.09. The Hall–Kier alpha value is -1.34. The molecule has 1 N–H and O–H groups in total. The third-order valence-electron chi connectivity index (χ3n) is 1.77. The summed E-state index contributed by atoms with van der Waals surface area (Å²) in [7, 11) is 1.78. The van der Waals surface area contributed by atoms with E-state index in [1.165, 1.54) is 12.3 Å². The van der Waals surface area contributed by atoms with E-state index < -0.39 is 6.36 Å². The van der Waals surface area contributed by atoms with Crippen LogP contribution in [0.25, 0.3) is 0 Å². The van der Waals surface area contributed by atoms with Gasteiger partial charge in [-0.1, -0.05) is 0 Å². The molecule has 0 amide bonds. The smallest absolute Gasteiger partial charge is 0.404 e. The van der Waals surface area contributed by atoms with Crippen LogP contribution in [0.5, 0.6) is 5.75 Å². The average Bonchev–Trinajstić information content (AvgIpc) is 2.23. The van der Waals surface area contributed by atoms with Crippen molar-refractivity contribution < 1.29 is 22.6 Å². The third kappa shape index (κ3) is 6.08. The summed E-state index contributed by atoms with van der Waals surface area (Å²) >= 11 is 0. The average molecular weight is 250 g/mol. The normalized spacial score (nSPS) is 11.5. The lowest BCUT2D eigenvalue weighted by molar-refractivity contribution is -0.274. The summed E-state index contributed by atoms with van der Waals surface area (Å²) in [5.41, 5.74) is 0.530. The quantitative estimate of drug-likeness (QED) is 0.781. The van der Waals surface area contributed by atoms with E-state index in [1.807, 2.05) is 0 Å². The van der Waals surface area contributed by atoms with Crippen LogP contribution in [0.3, 0.4) is 0 Å². The number of hydrogen-bond donors (Lipinski definition) is 1. The predicted octanol–water partition coefficient (Wildman–Crippen LogP) is 1.72. The van der Waals surface area contributed by atoms with E-state index in [4.69, 9.17) is 4.74 Å². The second-order valence-corrected chi connectivity index (χ2v) is 3.23. The highest BCUT2D eigenvalue weighted by Crippen LogP contribution is 2.22. The van der Waals surface area contributed by atoms with Gasteiger partial charge in [0.25, 0.3) is 0 Å². The van der Waals surface area contributed by atoms with E-state index in [0.717, 1.165) is 6.20 Å². The maximum Gasteiger partial charge on any atom is 0.573 e. The molecule has 0 bridgehead atoms. The van der Waals surface area contributed by atoms with Gasteiger partial charge in [-0.2, -0.15) is 0 Å². The summed E-state index contributed by atoms with van der Waals surface area (Å²) in [6.07, 6.45) is -2.26. The van der Waals surface area contributed by atoms with Crippen molar-refractivity contribution in [2.75, 3.05) is 20.2 Å². The number of likely N-dealkylation sites (N-methyl/N-ethyl adjacent to an activating group) is 1. The fraction of sp³-hybridized carbons (Fsp3) is 0.500. The van der Waals surface area contributed by atoms with Crippen molar-refractivity contribution >= 4 is 0 Å². The number of nitrogens with one attached hydrogen (secondary N) is 1. The Morgan fingerprint density at radius 3 is 2.76 bits per heavy atom. The standard InChI is InChI=1S/C10H13F3N2O2/c1-14-2-3-16-7-8-4-9(6-15-5-8)17-10(11,12)13/h4-6,14H,2-3,7H2,1H3. The number of pyridine rings is 1. The first-order valence-corrected chi connectivity index (χ1v) is 4.93. The molecule has 96 valence electrons. The summed E-state index contributed by atoms with van der Waals surface area (Å²) in [6, 6.07) is 1.25. The summed E-state index contributed by atoms with van der Waals surface area (Å²) in [5.74, 6) is -0.341. The number of nitrogens with zero attached hydrogens (tertiary/aromatic N) is 1. The summed E-state index contributed by atoms with van der Waals surface area (Å²) < 4.78 is 44.8. The number of alkyl halides is 3. The van der Waals surface area contributed by atoms with E-state index in [0.29, 0.717) is 18.7 Å². The van der Waals surface area contributed by atoms with E-state index >= 15 is 0 Å². The van der Waals surface area contributed by atoms with Gasteiger partial charge in [-0.3, -0.25) is 4.98 Å². The molecule has 0 unspecified atom stereocenters. The zero-order valence-corrected chi connectivity index (χ0v) is 9.25. The molecule has 0 saturated heterocycles. The monoisotopic (exact) mass is 250 g/mol. The molecule has 1 aromatic heterocycles. The van der Waals surface area contributed by atoms with Crippen LogP contribution in [-0.2, 0) is 11.3 Å². The van der Waals surface area contributed by atoms with Gasteiger partial charge in [0.05, 0.1) is 19.4 Å². The van der Waals surface area contributed by atoms with Crippen LogP contribution in [0.15, 0.2) is 18.5 Å². The second-order valence-electron chi connectivity index (χ2n) is 3.23. The maximum absolute atomic E-state index is 11.9. The van der Waals surface area contributed by atoms with E-state index in [-0.39, 0.29) is 12.4 Å². The summed E-state index contributed by atoms with van der Waals surface area (Å²) in [4.78, 5) is 3.65. The highest BCUT2D eigenvalue weighted by atomic mass is 19.4. The maximum atomic E-state index is 11.9. The molecule has 0 atom stereocenters. The lowest BCUT2D eigenvalue weighted by atomic mass is 10.3. The van der Waals surface area contributed by atoms with Crippen molar-refractivity contribution in [2.24, 2.45) is 0 Å². The fourth-order valence-electron chi connectivity index (χ4n) is 1.10. The first-order chi connectivity index (χ1) is 8.01. The van der Waals surface area contributed by atoms with Gasteiger partial charge in [-0.15, -0.1) is 13.2 Å². The predicted molar refractivity (Wildman–Crippen MR) is 54.5 cm³/mol. The Kier molecular flexibility index (Phi) is 5.17. The third-order valence-corrected chi connectivity index (χ3v) is 1.77. The molecule has 7 heteroatoms. The van der Waals surface area contributed by atoms with Crippen LogP contribution in [0, 0.1) is 0 Å². The van der Waals surface area contributed by atoms with Crippen LogP contribution in [0.2, 0.25) is 0 Å². The Morgan fingerprint density at radius 1 is 1.35 bits per heavy atom. The van der Waals surface area contributed by atoms with Crippen molar-refractivity contribution in [2.45, 2.75) is 13.0 Å². The van der Waals surface area contributed by atoms with Gasteiger partial charge in [-0.05, 0) is 18.7 Å². The highest BCUT2D eigenvalue weighted by Gasteiger charge is 2.31. The lowest BCUT2D eigenvalue weighted by Crippen LogP contribution is -2.17. The minimum absolute atomic E-state index is 0.198. The SMILES string of the molecule is CNCCOCc1cncc(OC(F)(F)F)c1. The zero-order valence-electron chi connectivity index (χ0n) is 9.25. The van der Waals surface area contributed by atoms with E-state index in [1.54, 1.807) is 7.05 Å². The van der Waals surface area contributed by atoms with Gasteiger partial charge in [0, 0.05) is 12.7 Å². The van der Waals surface area contributed by atoms with Crippen LogP contribution >= 0.6 is 0 Å². The van der Waals surface area contributed by atoms with E-state index in [2.05, 4.69) is 15.0 Å². The van der Waals surface area contributed by atoms with Crippen molar-refractivity contribution in [3.63, 3.8) is 0 Å². The van der Waals surface area contributed by atoms with Crippen LogP contribution in [0.1, 0.15) is 5.56 Å². The summed E-state index contributed by atoms with van der Waals surface area (Å²) in [5, 5.41) is 2.88. The Balaban J connectivity index is 2.48. The van der Waals surface area contributed by atoms with Crippen molar-refractivity contribution in [3.8, 4) is 5.75 Å².